The van der Waals surface area contributed by atoms with Gasteiger partial charge in [0.25, 0.3) is 5.91 Å². The molecule has 0 unspecified atom stereocenters. The van der Waals surface area contributed by atoms with Gasteiger partial charge in [-0.3, -0.25) is 4.79 Å². The molecule has 1 heterocycles. The van der Waals surface area contributed by atoms with E-state index in [1.165, 1.54) is 18.2 Å². The van der Waals surface area contributed by atoms with Crippen LogP contribution in [0.15, 0.2) is 76.3 Å². The van der Waals surface area contributed by atoms with Crippen molar-refractivity contribution in [2.45, 2.75) is 10.8 Å². The number of nitrogens with one attached hydrogen (secondary N) is 1. The number of benzene rings is 2. The van der Waals surface area contributed by atoms with E-state index in [4.69, 9.17) is 4.18 Å². The molecule has 0 atom stereocenters. The van der Waals surface area contributed by atoms with Gasteiger partial charge < -0.3 is 9.50 Å². The van der Waals surface area contributed by atoms with E-state index in [2.05, 4.69) is 5.32 Å². The molecule has 0 aliphatic heterocycles. The van der Waals surface area contributed by atoms with E-state index in [0.717, 1.165) is 16.9 Å². The first-order chi connectivity index (χ1) is 12.1. The molecule has 0 spiro atoms. The fourth-order valence-electron chi connectivity index (χ4n) is 2.17. The fourth-order valence-corrected chi connectivity index (χ4v) is 4.06. The normalized spacial score (nSPS) is 10.6. The molecule has 0 radical (unpaired) electrons. The Bertz CT molecular complexity index is 958. The molecule has 0 aliphatic rings. The van der Waals surface area contributed by atoms with Gasteiger partial charge in [-0.15, -0.1) is 11.3 Å². The Morgan fingerprint density at radius 1 is 0.962 bits per heavy atom. The van der Waals surface area contributed by atoms with Gasteiger partial charge in [0.05, 0.1) is 5.56 Å². The average Bonchev–Trinajstić information content (AvgIpc) is 3.16. The molecule has 2 aromatic carbocycles. The summed E-state index contributed by atoms with van der Waals surface area (Å²) in [5, 5.41) is 4.41. The van der Waals surface area contributed by atoms with Gasteiger partial charge >= 0.3 is 39.7 Å². The maximum absolute atomic E-state index is 12.4. The van der Waals surface area contributed by atoms with E-state index in [-0.39, 0.29) is 45.1 Å². The first-order valence-electron chi connectivity index (χ1n) is 7.45. The zero-order valence-corrected chi connectivity index (χ0v) is 14.7. The zero-order valence-electron chi connectivity index (χ0n) is 13.1. The summed E-state index contributed by atoms with van der Waals surface area (Å²) in [6, 6.07) is 18.8. The van der Waals surface area contributed by atoms with Gasteiger partial charge in [-0.2, -0.15) is 8.42 Å². The Morgan fingerprint density at radius 3 is 2.35 bits per heavy atom. The second-order valence-electron chi connectivity index (χ2n) is 5.13. The average molecular weight is 397 g/mol. The predicted molar refractivity (Wildman–Crippen MR) is 103 cm³/mol. The Balaban J connectivity index is 0.00000243. The molecule has 3 rings (SSSR count). The Labute approximate surface area is 178 Å². The van der Waals surface area contributed by atoms with Gasteiger partial charge in [-0.25, -0.2) is 0 Å². The molecule has 0 fully saturated rings. The van der Waals surface area contributed by atoms with Gasteiger partial charge in [0.2, 0.25) is 0 Å². The summed E-state index contributed by atoms with van der Waals surface area (Å²) >= 11 is 1.06. The van der Waals surface area contributed by atoms with E-state index in [1.807, 2.05) is 30.3 Å². The molecular weight excluding hydrogens is 381 g/mol. The van der Waals surface area contributed by atoms with Crippen LogP contribution in [0.25, 0.3) is 0 Å². The summed E-state index contributed by atoms with van der Waals surface area (Å²) in [4.78, 5) is 12.4. The van der Waals surface area contributed by atoms with E-state index in [1.54, 1.807) is 23.6 Å². The number of carbonyl (C=O) groups excluding carboxylic acids is 1. The Hall–Kier alpha value is -1.64. The van der Waals surface area contributed by atoms with Crippen LogP contribution in [0, 0.1) is 0 Å². The van der Waals surface area contributed by atoms with Crippen molar-refractivity contribution in [3.63, 3.8) is 0 Å². The topological polar surface area (TPSA) is 72.5 Å². The number of hydrogen-bond donors (Lipinski definition) is 1. The van der Waals surface area contributed by atoms with Crippen LogP contribution in [0.5, 0.6) is 5.75 Å². The third-order valence-electron chi connectivity index (χ3n) is 3.37. The standard InChI is InChI=1S/C18H15NO4S2.Na.H/c20-18(19-13-14-7-2-1-3-8-14)15-9-4-5-10-16(15)23-25(21,22)17-11-6-12-24-17;;/h1-12H,13H2,(H,19,20);;. The van der Waals surface area contributed by atoms with Crippen molar-refractivity contribution in [3.8, 4) is 5.75 Å². The number of amides is 1. The monoisotopic (exact) mass is 397 g/mol. The van der Waals surface area contributed by atoms with Crippen molar-refractivity contribution in [2.24, 2.45) is 0 Å². The van der Waals surface area contributed by atoms with Gasteiger partial charge in [-0.05, 0) is 29.1 Å². The number of rotatable bonds is 6. The van der Waals surface area contributed by atoms with Gasteiger partial charge in [-0.1, -0.05) is 48.5 Å². The van der Waals surface area contributed by atoms with Crippen LogP contribution in [0.3, 0.4) is 0 Å². The van der Waals surface area contributed by atoms with E-state index in [0.29, 0.717) is 6.54 Å². The first-order valence-corrected chi connectivity index (χ1v) is 9.74. The minimum atomic E-state index is -3.95. The van der Waals surface area contributed by atoms with Crippen molar-refractivity contribution in [2.75, 3.05) is 0 Å². The molecule has 0 saturated heterocycles. The molecule has 1 N–H and O–H groups in total. The molecule has 0 bridgehead atoms. The van der Waals surface area contributed by atoms with E-state index < -0.39 is 16.0 Å². The van der Waals surface area contributed by atoms with Gasteiger partial charge in [0.15, 0.2) is 9.96 Å². The van der Waals surface area contributed by atoms with Crippen molar-refractivity contribution in [3.05, 3.63) is 83.2 Å². The van der Waals surface area contributed by atoms with E-state index >= 15 is 0 Å². The van der Waals surface area contributed by atoms with Gasteiger partial charge in [0.1, 0.15) is 0 Å². The van der Waals surface area contributed by atoms with Crippen molar-refractivity contribution < 1.29 is 17.4 Å². The summed E-state index contributed by atoms with van der Waals surface area (Å²) in [7, 11) is -3.95. The van der Waals surface area contributed by atoms with Crippen LogP contribution in [0.2, 0.25) is 0 Å². The molecule has 5 nitrogen and oxygen atoms in total. The summed E-state index contributed by atoms with van der Waals surface area (Å²) in [5.41, 5.74) is 1.11. The number of thiophene rings is 1. The maximum atomic E-state index is 12.4. The third-order valence-corrected chi connectivity index (χ3v) is 5.96. The number of carbonyl (C=O) groups is 1. The van der Waals surface area contributed by atoms with Gasteiger partial charge in [0, 0.05) is 6.54 Å². The molecule has 3 aromatic rings. The van der Waals surface area contributed by atoms with Crippen LogP contribution in [0.1, 0.15) is 15.9 Å². The molecule has 26 heavy (non-hydrogen) atoms. The predicted octanol–water partition coefficient (Wildman–Crippen LogP) is 2.80. The molecule has 0 aliphatic carbocycles. The fraction of sp³-hybridized carbons (Fsp3) is 0.0556. The SMILES string of the molecule is O=C(NCc1ccccc1)c1ccccc1OS(=O)(=O)c1cccs1.[NaH]. The van der Waals surface area contributed by atoms with Crippen LogP contribution < -0.4 is 9.50 Å². The third kappa shape index (κ3) is 5.18. The molecule has 8 heteroatoms. The number of para-hydroxylation sites is 1. The summed E-state index contributed by atoms with van der Waals surface area (Å²) in [6.07, 6.45) is 0. The van der Waals surface area contributed by atoms with E-state index in [9.17, 15) is 13.2 Å². The second-order valence-corrected chi connectivity index (χ2v) is 7.85. The Kier molecular flexibility index (Phi) is 7.43. The molecule has 0 saturated carbocycles. The minimum absolute atomic E-state index is 0. The summed E-state index contributed by atoms with van der Waals surface area (Å²) in [5.74, 6) is -0.401. The molecule has 1 amide bonds. The quantitative estimate of drug-likeness (QED) is 0.513. The Morgan fingerprint density at radius 2 is 1.65 bits per heavy atom. The molecular formula is C18H16NNaO4S2. The van der Waals surface area contributed by atoms with Crippen LogP contribution in [-0.4, -0.2) is 43.9 Å². The summed E-state index contributed by atoms with van der Waals surface area (Å²) < 4.78 is 29.8. The first kappa shape index (κ1) is 20.7. The van der Waals surface area contributed by atoms with Crippen molar-refractivity contribution >= 4 is 56.9 Å². The number of hydrogen-bond acceptors (Lipinski definition) is 5. The molecule has 1 aromatic heterocycles. The van der Waals surface area contributed by atoms with Crippen molar-refractivity contribution in [1.29, 1.82) is 0 Å². The van der Waals surface area contributed by atoms with Crippen LogP contribution in [-0.2, 0) is 16.7 Å². The second kappa shape index (κ2) is 9.34. The zero-order chi connectivity index (χ0) is 17.7. The van der Waals surface area contributed by atoms with Crippen molar-refractivity contribution in [1.82, 2.24) is 5.32 Å². The molecule has 130 valence electrons. The van der Waals surface area contributed by atoms with Crippen LogP contribution in [0.4, 0.5) is 0 Å². The summed E-state index contributed by atoms with van der Waals surface area (Å²) in [6.45, 7) is 0.339. The van der Waals surface area contributed by atoms with Crippen LogP contribution >= 0.6 is 11.3 Å².